The van der Waals surface area contributed by atoms with Gasteiger partial charge < -0.3 is 80.1 Å². The van der Waals surface area contributed by atoms with Gasteiger partial charge in [0.15, 0.2) is 18.9 Å². The highest BCUT2D eigenvalue weighted by Crippen LogP contribution is 2.30. The smallest absolute Gasteiger partial charge is 0.187 e. The number of hydrogen-bond donors (Lipinski definition) is 10. The lowest BCUT2D eigenvalue weighted by Crippen LogP contribution is -2.65. The molecule has 0 aromatic carbocycles. The monoisotopic (exact) mass is 630 g/mol. The average Bonchev–Trinajstić information content (AvgIpc) is 3.01. The third-order valence-electron chi connectivity index (χ3n) is 7.10. The Hall–Kier alpha value is -1.33. The van der Waals surface area contributed by atoms with Gasteiger partial charge in [-0.2, -0.15) is 0 Å². The number of ether oxygens (including phenoxy) is 6. The molecule has 2 saturated heterocycles. The van der Waals surface area contributed by atoms with Crippen LogP contribution in [0.4, 0.5) is 0 Å². The number of nitrogens with zero attached hydrogens (tertiary/aromatic N) is 3. The van der Waals surface area contributed by atoms with E-state index in [-0.39, 0.29) is 13.2 Å². The molecular weight excluding hydrogens is 584 g/mol. The molecule has 0 bridgehead atoms. The zero-order valence-corrected chi connectivity index (χ0v) is 23.8. The first-order chi connectivity index (χ1) is 20.5. The van der Waals surface area contributed by atoms with Crippen LogP contribution in [0.2, 0.25) is 0 Å². The van der Waals surface area contributed by atoms with E-state index in [4.69, 9.17) is 39.7 Å². The number of hydrogen-bond acceptors (Lipinski definition) is 17. The normalized spacial score (nSPS) is 36.0. The predicted molar refractivity (Wildman–Crippen MR) is 142 cm³/mol. The molecular formula is C24H46N4O15. The number of nitrogens with two attached hydrogens (primary N) is 1. The van der Waals surface area contributed by atoms with Crippen molar-refractivity contribution in [1.82, 2.24) is 0 Å². The Balaban J connectivity index is 2.11. The summed E-state index contributed by atoms with van der Waals surface area (Å²) in [4.78, 5) is 2.69. The van der Waals surface area contributed by atoms with E-state index in [0.717, 1.165) is 12.8 Å². The second kappa shape index (κ2) is 19.2. The molecule has 43 heavy (non-hydrogen) atoms. The Morgan fingerprint density at radius 2 is 1.53 bits per heavy atom. The minimum atomic E-state index is -1.82. The first-order valence-corrected chi connectivity index (χ1v) is 14.0. The summed E-state index contributed by atoms with van der Waals surface area (Å²) in [5.74, 6) is 0. The van der Waals surface area contributed by atoms with Crippen LogP contribution in [0.25, 0.3) is 10.4 Å². The van der Waals surface area contributed by atoms with E-state index in [1.807, 2.05) is 0 Å². The molecule has 19 heteroatoms. The zero-order chi connectivity index (χ0) is 32.1. The summed E-state index contributed by atoms with van der Waals surface area (Å²) < 4.78 is 33.5. The molecule has 2 fully saturated rings. The largest absolute Gasteiger partial charge is 0.394 e. The van der Waals surface area contributed by atoms with Crippen molar-refractivity contribution in [3.05, 3.63) is 10.4 Å². The Labute approximate surface area is 247 Å². The van der Waals surface area contributed by atoms with E-state index in [9.17, 15) is 46.0 Å². The van der Waals surface area contributed by atoms with Crippen molar-refractivity contribution in [3.63, 3.8) is 0 Å². The van der Waals surface area contributed by atoms with Crippen LogP contribution in [0.15, 0.2) is 5.11 Å². The van der Waals surface area contributed by atoms with Crippen LogP contribution < -0.4 is 5.73 Å². The maximum Gasteiger partial charge on any atom is 0.187 e. The van der Waals surface area contributed by atoms with Crippen LogP contribution in [-0.4, -0.2) is 171 Å². The molecule has 2 rings (SSSR count). The van der Waals surface area contributed by atoms with E-state index in [0.29, 0.717) is 13.0 Å². The highest BCUT2D eigenvalue weighted by molar-refractivity contribution is 4.94. The van der Waals surface area contributed by atoms with Crippen molar-refractivity contribution in [2.75, 3.05) is 39.5 Å². The molecule has 0 saturated carbocycles. The average molecular weight is 631 g/mol. The molecule has 0 amide bonds. The minimum absolute atomic E-state index is 0.163. The summed E-state index contributed by atoms with van der Waals surface area (Å²) in [6, 6.07) is 0. The van der Waals surface area contributed by atoms with Crippen LogP contribution in [0.1, 0.15) is 26.2 Å². The number of aliphatic hydroxyl groups excluding tert-OH is 9. The van der Waals surface area contributed by atoms with Gasteiger partial charge in [-0.15, -0.1) is 0 Å². The number of azide groups is 1. The molecule has 19 nitrogen and oxygen atoms in total. The van der Waals surface area contributed by atoms with Gasteiger partial charge in [-0.25, -0.2) is 0 Å². The fourth-order valence-electron chi connectivity index (χ4n) is 4.51. The van der Waals surface area contributed by atoms with Gasteiger partial charge in [0.2, 0.25) is 0 Å². The van der Waals surface area contributed by atoms with Gasteiger partial charge in [0.25, 0.3) is 0 Å². The molecule has 252 valence electrons. The number of unbranched alkanes of at least 4 members (excludes halogenated alkanes) is 2. The zero-order valence-electron chi connectivity index (χ0n) is 23.8. The second-order valence-corrected chi connectivity index (χ2v) is 10.3. The van der Waals surface area contributed by atoms with Crippen LogP contribution >= 0.6 is 0 Å². The lowest BCUT2D eigenvalue weighted by molar-refractivity contribution is -0.365. The van der Waals surface area contributed by atoms with Crippen molar-refractivity contribution in [2.24, 2.45) is 10.8 Å². The van der Waals surface area contributed by atoms with Gasteiger partial charge in [0.05, 0.1) is 38.6 Å². The van der Waals surface area contributed by atoms with Gasteiger partial charge in [-0.3, -0.25) is 0 Å². The first kappa shape index (κ1) is 37.9. The summed E-state index contributed by atoms with van der Waals surface area (Å²) in [5, 5.41) is 94.4. The topological polar surface area (TPSA) is 312 Å². The summed E-state index contributed by atoms with van der Waals surface area (Å²) >= 11 is 0. The van der Waals surface area contributed by atoms with Gasteiger partial charge in [-0.05, 0) is 38.3 Å². The fraction of sp³-hybridized carbons (Fsp3) is 1.00. The van der Waals surface area contributed by atoms with Gasteiger partial charge in [-0.1, -0.05) is 5.11 Å². The van der Waals surface area contributed by atoms with E-state index in [2.05, 4.69) is 10.0 Å². The lowest BCUT2D eigenvalue weighted by Gasteiger charge is -2.46. The third-order valence-corrected chi connectivity index (χ3v) is 7.10. The lowest BCUT2D eigenvalue weighted by atomic mass is 9.97. The van der Waals surface area contributed by atoms with Gasteiger partial charge >= 0.3 is 0 Å². The maximum atomic E-state index is 10.8. The van der Waals surface area contributed by atoms with E-state index >= 15 is 0 Å². The Morgan fingerprint density at radius 3 is 2.14 bits per heavy atom. The van der Waals surface area contributed by atoms with Crippen LogP contribution in [0, 0.1) is 0 Å². The fourth-order valence-corrected chi connectivity index (χ4v) is 4.51. The molecule has 2 aliphatic heterocycles. The van der Waals surface area contributed by atoms with Crippen LogP contribution in [0.5, 0.6) is 0 Å². The Kier molecular flexibility index (Phi) is 16.9. The van der Waals surface area contributed by atoms with E-state index in [1.165, 1.54) is 6.92 Å². The van der Waals surface area contributed by atoms with E-state index < -0.39 is 106 Å². The highest BCUT2D eigenvalue weighted by Gasteiger charge is 2.51. The maximum absolute atomic E-state index is 10.8. The molecule has 2 aliphatic rings. The van der Waals surface area contributed by atoms with Crippen LogP contribution in [0.3, 0.4) is 0 Å². The summed E-state index contributed by atoms with van der Waals surface area (Å²) in [6.07, 6.45) is -19.3. The predicted octanol–water partition coefficient (Wildman–Crippen LogP) is -4.46. The van der Waals surface area contributed by atoms with Crippen molar-refractivity contribution in [1.29, 1.82) is 0 Å². The number of aliphatic hydroxyl groups is 9. The first-order valence-electron chi connectivity index (χ1n) is 14.0. The SMILES string of the molecule is C[C@H](O[C@@H]1OC(CO)[C@H](O[C@H]2OC(CO)[C@H](O)[C@H](O)C2O)C(O)[C@@H]1O)C(CN=[N+]=[N-])O[C@@H](OCCCCCN)[C@@H](O)CO. The summed E-state index contributed by atoms with van der Waals surface area (Å²) in [5.41, 5.74) is 14.3. The quantitative estimate of drug-likeness (QED) is 0.0211. The highest BCUT2D eigenvalue weighted by atomic mass is 16.8. The molecule has 5 unspecified atom stereocenters. The third kappa shape index (κ3) is 10.6. The molecule has 0 radical (unpaired) electrons. The van der Waals surface area contributed by atoms with Gasteiger partial charge in [0.1, 0.15) is 54.9 Å². The van der Waals surface area contributed by atoms with Crippen molar-refractivity contribution in [3.8, 4) is 0 Å². The van der Waals surface area contributed by atoms with Crippen LogP contribution in [-0.2, 0) is 28.4 Å². The summed E-state index contributed by atoms with van der Waals surface area (Å²) in [6.45, 7) is -0.430. The standard InChI is InChI=1S/C24H46N4O15/c1-11(13(7-27-28-26)40-22(12(32)8-29)38-6-4-2-3-5-25)39-23-20(37)18(35)21(15(10-31)42-23)43-24-19(36)17(34)16(33)14(9-30)41-24/h11-24,29-37H,2-10,25H2,1H3/t11-,12-,13?,14?,15?,16-,17-,18?,19?,20-,21-,22+,23+,24+/m0/s1. The van der Waals surface area contributed by atoms with Crippen molar-refractivity contribution >= 4 is 0 Å². The molecule has 14 atom stereocenters. The molecule has 11 N–H and O–H groups in total. The molecule has 2 heterocycles. The second-order valence-electron chi connectivity index (χ2n) is 10.3. The van der Waals surface area contributed by atoms with Gasteiger partial charge in [0, 0.05) is 11.5 Å². The Morgan fingerprint density at radius 1 is 0.884 bits per heavy atom. The van der Waals surface area contributed by atoms with E-state index in [1.54, 1.807) is 0 Å². The molecule has 0 aromatic heterocycles. The molecule has 0 spiro atoms. The summed E-state index contributed by atoms with van der Waals surface area (Å²) in [7, 11) is 0. The number of rotatable bonds is 19. The molecule has 0 aliphatic carbocycles. The van der Waals surface area contributed by atoms with Crippen molar-refractivity contribution < 1.29 is 74.4 Å². The minimum Gasteiger partial charge on any atom is -0.394 e. The van der Waals surface area contributed by atoms with Crippen molar-refractivity contribution in [2.45, 2.75) is 112 Å². The molecule has 0 aromatic rings. The Bertz CT molecular complexity index is 826.